The van der Waals surface area contributed by atoms with Gasteiger partial charge in [0.15, 0.2) is 5.16 Å². The van der Waals surface area contributed by atoms with E-state index in [1.807, 2.05) is 66.9 Å². The smallest absolute Gasteiger partial charge is 0.237 e. The lowest BCUT2D eigenvalue weighted by atomic mass is 10.1. The maximum atomic E-state index is 5.98. The quantitative estimate of drug-likeness (QED) is 0.447. The van der Waals surface area contributed by atoms with Gasteiger partial charge < -0.3 is 4.52 Å². The molecular weight excluding hydrogens is 382 g/mol. The molecule has 0 saturated heterocycles. The van der Waals surface area contributed by atoms with Gasteiger partial charge in [-0.2, -0.15) is 4.98 Å². The Labute approximate surface area is 165 Å². The molecule has 27 heavy (non-hydrogen) atoms. The minimum absolute atomic E-state index is 0.505. The van der Waals surface area contributed by atoms with Crippen LogP contribution in [0.3, 0.4) is 0 Å². The van der Waals surface area contributed by atoms with Crippen LogP contribution in [-0.4, -0.2) is 24.9 Å². The minimum atomic E-state index is 0.505. The van der Waals surface area contributed by atoms with Gasteiger partial charge in [-0.25, -0.2) is 0 Å². The standard InChI is InChI=1S/C19H16ClN5OS/c1-12-3-5-14(6-4-12)18-21-17(26-24-18)11-27-19-23-22-13(2)25(19)16-9-7-15(20)8-10-16/h3-10H,11H2,1-2H3. The molecule has 0 atom stereocenters. The molecule has 0 aliphatic carbocycles. The van der Waals surface area contributed by atoms with Gasteiger partial charge in [-0.3, -0.25) is 4.57 Å². The summed E-state index contributed by atoms with van der Waals surface area (Å²) in [6.07, 6.45) is 0. The first kappa shape index (κ1) is 17.8. The van der Waals surface area contributed by atoms with Gasteiger partial charge >= 0.3 is 0 Å². The normalized spacial score (nSPS) is 11.1. The van der Waals surface area contributed by atoms with E-state index in [1.165, 1.54) is 17.3 Å². The molecule has 0 amide bonds. The molecule has 4 aromatic rings. The third-order valence-corrected chi connectivity index (χ3v) is 5.15. The van der Waals surface area contributed by atoms with Crippen molar-refractivity contribution in [2.75, 3.05) is 0 Å². The molecule has 2 heterocycles. The van der Waals surface area contributed by atoms with Gasteiger partial charge in [0.05, 0.1) is 5.75 Å². The summed E-state index contributed by atoms with van der Waals surface area (Å²) in [6.45, 7) is 3.95. The number of aromatic nitrogens is 5. The second kappa shape index (κ2) is 7.54. The third kappa shape index (κ3) is 3.89. The summed E-state index contributed by atoms with van der Waals surface area (Å²) in [7, 11) is 0. The first-order valence-electron chi connectivity index (χ1n) is 8.30. The Balaban J connectivity index is 1.51. The summed E-state index contributed by atoms with van der Waals surface area (Å²) in [5.74, 6) is 2.43. The van der Waals surface area contributed by atoms with E-state index in [2.05, 4.69) is 20.3 Å². The van der Waals surface area contributed by atoms with Crippen LogP contribution in [-0.2, 0) is 5.75 Å². The molecule has 0 aliphatic rings. The highest BCUT2D eigenvalue weighted by Crippen LogP contribution is 2.26. The Morgan fingerprint density at radius 3 is 2.48 bits per heavy atom. The van der Waals surface area contributed by atoms with Crippen molar-refractivity contribution in [2.45, 2.75) is 24.8 Å². The van der Waals surface area contributed by atoms with Gasteiger partial charge in [-0.15, -0.1) is 10.2 Å². The van der Waals surface area contributed by atoms with Crippen LogP contribution in [0.15, 0.2) is 58.2 Å². The number of benzene rings is 2. The largest absolute Gasteiger partial charge is 0.338 e. The number of halogens is 1. The molecule has 6 nitrogen and oxygen atoms in total. The van der Waals surface area contributed by atoms with E-state index in [0.717, 1.165) is 22.2 Å². The first-order valence-corrected chi connectivity index (χ1v) is 9.67. The van der Waals surface area contributed by atoms with Crippen LogP contribution in [0, 0.1) is 13.8 Å². The van der Waals surface area contributed by atoms with Gasteiger partial charge in [0.25, 0.3) is 0 Å². The highest BCUT2D eigenvalue weighted by atomic mass is 35.5. The van der Waals surface area contributed by atoms with Gasteiger partial charge in [0.1, 0.15) is 5.82 Å². The van der Waals surface area contributed by atoms with Gasteiger partial charge in [-0.05, 0) is 38.1 Å². The van der Waals surface area contributed by atoms with Crippen LogP contribution in [0.1, 0.15) is 17.3 Å². The second-order valence-electron chi connectivity index (χ2n) is 6.01. The molecule has 0 unspecified atom stereocenters. The van der Waals surface area contributed by atoms with Crippen LogP contribution in [0.25, 0.3) is 17.1 Å². The molecule has 0 radical (unpaired) electrons. The van der Waals surface area contributed by atoms with Crippen molar-refractivity contribution in [2.24, 2.45) is 0 Å². The van der Waals surface area contributed by atoms with Crippen molar-refractivity contribution in [3.8, 4) is 17.1 Å². The van der Waals surface area contributed by atoms with Crippen molar-refractivity contribution < 1.29 is 4.52 Å². The number of rotatable bonds is 5. The number of thioether (sulfide) groups is 1. The van der Waals surface area contributed by atoms with Crippen LogP contribution in [0.5, 0.6) is 0 Å². The van der Waals surface area contributed by atoms with Gasteiger partial charge in [0, 0.05) is 16.3 Å². The predicted molar refractivity (Wildman–Crippen MR) is 105 cm³/mol. The molecule has 8 heteroatoms. The fourth-order valence-electron chi connectivity index (χ4n) is 2.58. The predicted octanol–water partition coefficient (Wildman–Crippen LogP) is 4.88. The Bertz CT molecular complexity index is 1060. The number of nitrogens with zero attached hydrogens (tertiary/aromatic N) is 5. The molecule has 4 rings (SSSR count). The van der Waals surface area contributed by atoms with Crippen molar-refractivity contribution in [3.63, 3.8) is 0 Å². The Morgan fingerprint density at radius 2 is 1.74 bits per heavy atom. The van der Waals surface area contributed by atoms with Crippen LogP contribution in [0.2, 0.25) is 5.02 Å². The topological polar surface area (TPSA) is 69.6 Å². The van der Waals surface area contributed by atoms with E-state index in [4.69, 9.17) is 16.1 Å². The van der Waals surface area contributed by atoms with Crippen LogP contribution < -0.4 is 0 Å². The van der Waals surface area contributed by atoms with Gasteiger partial charge in [0.2, 0.25) is 11.7 Å². The van der Waals surface area contributed by atoms with Gasteiger partial charge in [-0.1, -0.05) is 58.3 Å². The molecule has 0 fully saturated rings. The zero-order valence-electron chi connectivity index (χ0n) is 14.8. The highest BCUT2D eigenvalue weighted by Gasteiger charge is 2.14. The maximum absolute atomic E-state index is 5.98. The van der Waals surface area contributed by atoms with E-state index < -0.39 is 0 Å². The van der Waals surface area contributed by atoms with Crippen molar-refractivity contribution in [1.29, 1.82) is 0 Å². The van der Waals surface area contributed by atoms with Crippen LogP contribution >= 0.6 is 23.4 Å². The molecule has 2 aromatic carbocycles. The lowest BCUT2D eigenvalue weighted by molar-refractivity contribution is 0.391. The summed E-state index contributed by atoms with van der Waals surface area (Å²) in [6, 6.07) is 15.6. The van der Waals surface area contributed by atoms with E-state index in [9.17, 15) is 0 Å². The van der Waals surface area contributed by atoms with E-state index in [0.29, 0.717) is 22.5 Å². The lowest BCUT2D eigenvalue weighted by Crippen LogP contribution is -1.99. The SMILES string of the molecule is Cc1ccc(-c2noc(CSc3nnc(C)n3-c3ccc(Cl)cc3)n2)cc1. The average molecular weight is 398 g/mol. The van der Waals surface area contributed by atoms with Crippen molar-refractivity contribution >= 4 is 23.4 Å². The number of hydrogen-bond acceptors (Lipinski definition) is 6. The fourth-order valence-corrected chi connectivity index (χ4v) is 3.54. The molecule has 136 valence electrons. The summed E-state index contributed by atoms with van der Waals surface area (Å²) >= 11 is 7.47. The highest BCUT2D eigenvalue weighted by molar-refractivity contribution is 7.98. The van der Waals surface area contributed by atoms with E-state index >= 15 is 0 Å². The Morgan fingerprint density at radius 1 is 1.00 bits per heavy atom. The monoisotopic (exact) mass is 397 g/mol. The second-order valence-corrected chi connectivity index (χ2v) is 7.39. The summed E-state index contributed by atoms with van der Waals surface area (Å²) < 4.78 is 7.35. The Kier molecular flexibility index (Phi) is 4.96. The lowest BCUT2D eigenvalue weighted by Gasteiger charge is -2.07. The number of aryl methyl sites for hydroxylation is 2. The molecule has 0 saturated carbocycles. The van der Waals surface area contributed by atoms with Crippen LogP contribution in [0.4, 0.5) is 0 Å². The third-order valence-electron chi connectivity index (χ3n) is 3.98. The van der Waals surface area contributed by atoms with E-state index in [-0.39, 0.29) is 0 Å². The molecule has 0 N–H and O–H groups in total. The first-order chi connectivity index (χ1) is 13.1. The summed E-state index contributed by atoms with van der Waals surface area (Å²) in [5.41, 5.74) is 3.07. The molecular formula is C19H16ClN5OS. The molecule has 2 aromatic heterocycles. The van der Waals surface area contributed by atoms with E-state index in [1.54, 1.807) is 0 Å². The molecule has 0 bridgehead atoms. The molecule has 0 spiro atoms. The van der Waals surface area contributed by atoms with Crippen molar-refractivity contribution in [3.05, 3.63) is 70.8 Å². The fraction of sp³-hybridized carbons (Fsp3) is 0.158. The minimum Gasteiger partial charge on any atom is -0.338 e. The maximum Gasteiger partial charge on any atom is 0.237 e. The number of hydrogen-bond donors (Lipinski definition) is 0. The zero-order valence-corrected chi connectivity index (χ0v) is 16.3. The Hall–Kier alpha value is -2.64. The summed E-state index contributed by atoms with van der Waals surface area (Å²) in [5, 5.41) is 13.9. The zero-order chi connectivity index (χ0) is 18.8. The average Bonchev–Trinajstić information content (AvgIpc) is 3.28. The summed E-state index contributed by atoms with van der Waals surface area (Å²) in [4.78, 5) is 4.47. The molecule has 0 aliphatic heterocycles. The van der Waals surface area contributed by atoms with Crippen molar-refractivity contribution in [1.82, 2.24) is 24.9 Å².